The third-order valence-corrected chi connectivity index (χ3v) is 3.29. The van der Waals surface area contributed by atoms with E-state index in [-0.39, 0.29) is 10.8 Å². The lowest BCUT2D eigenvalue weighted by Crippen LogP contribution is -2.38. The van der Waals surface area contributed by atoms with Crippen molar-refractivity contribution in [1.29, 1.82) is 0 Å². The second kappa shape index (κ2) is 5.02. The Hall–Kier alpha value is -1.48. The van der Waals surface area contributed by atoms with Gasteiger partial charge in [-0.3, -0.25) is 4.79 Å². The molecule has 94 valence electrons. The topological polar surface area (TPSA) is 29.1 Å². The first kappa shape index (κ1) is 13.0. The van der Waals surface area contributed by atoms with Gasteiger partial charge in [-0.25, -0.2) is 0 Å². The van der Waals surface area contributed by atoms with Gasteiger partial charge in [0, 0.05) is 10.4 Å². The van der Waals surface area contributed by atoms with E-state index < -0.39 is 0 Å². The van der Waals surface area contributed by atoms with Crippen molar-refractivity contribution in [2.75, 3.05) is 0 Å². The molecular weight excluding hydrogens is 242 g/mol. The molecule has 0 heterocycles. The maximum absolute atomic E-state index is 11.9. The van der Waals surface area contributed by atoms with Crippen LogP contribution < -0.4 is 5.32 Å². The zero-order valence-corrected chi connectivity index (χ0v) is 11.7. The number of amides is 1. The molecule has 1 amide bonds. The molecule has 2 aromatic carbocycles. The Bertz CT molecular complexity index is 567. The second-order valence-electron chi connectivity index (χ2n) is 5.24. The average molecular weight is 259 g/mol. The number of fused-ring (bicyclic) bond motifs is 1. The van der Waals surface area contributed by atoms with Crippen molar-refractivity contribution < 1.29 is 4.79 Å². The summed E-state index contributed by atoms with van der Waals surface area (Å²) >= 11 is 1.25. The number of carbonyl (C=O) groups excluding carboxylic acids is 1. The summed E-state index contributed by atoms with van der Waals surface area (Å²) in [7, 11) is 0. The van der Waals surface area contributed by atoms with Crippen LogP contribution in [0.3, 0.4) is 0 Å². The molecule has 2 nitrogen and oxygen atoms in total. The number of carbonyl (C=O) groups is 1. The van der Waals surface area contributed by atoms with Gasteiger partial charge >= 0.3 is 0 Å². The van der Waals surface area contributed by atoms with Crippen LogP contribution in [0.1, 0.15) is 20.8 Å². The number of nitrogens with one attached hydrogen (secondary N) is 1. The molecule has 0 aliphatic heterocycles. The van der Waals surface area contributed by atoms with Crippen molar-refractivity contribution in [3.8, 4) is 0 Å². The third kappa shape index (κ3) is 3.26. The summed E-state index contributed by atoms with van der Waals surface area (Å²) in [5.74, 6) is 0. The summed E-state index contributed by atoms with van der Waals surface area (Å²) in [6.45, 7) is 5.94. The minimum absolute atomic E-state index is 0.0150. The Morgan fingerprint density at radius 1 is 1.06 bits per heavy atom. The number of rotatable bonds is 1. The lowest BCUT2D eigenvalue weighted by atomic mass is 10.1. The Morgan fingerprint density at radius 2 is 1.72 bits per heavy atom. The van der Waals surface area contributed by atoms with Crippen LogP contribution in [0.5, 0.6) is 0 Å². The first-order valence-electron chi connectivity index (χ1n) is 5.93. The predicted molar refractivity (Wildman–Crippen MR) is 78.1 cm³/mol. The monoisotopic (exact) mass is 259 g/mol. The fourth-order valence-electron chi connectivity index (χ4n) is 1.72. The molecule has 0 bridgehead atoms. The molecular formula is C15H17NOS. The highest BCUT2D eigenvalue weighted by Gasteiger charge is 2.15. The van der Waals surface area contributed by atoms with Gasteiger partial charge in [-0.1, -0.05) is 36.4 Å². The van der Waals surface area contributed by atoms with Gasteiger partial charge in [-0.15, -0.1) is 0 Å². The zero-order chi connectivity index (χ0) is 13.2. The van der Waals surface area contributed by atoms with Gasteiger partial charge in [-0.2, -0.15) is 0 Å². The van der Waals surface area contributed by atoms with Crippen molar-refractivity contribution in [3.63, 3.8) is 0 Å². The molecule has 2 aromatic rings. The molecule has 3 heteroatoms. The Balaban J connectivity index is 2.24. The molecule has 0 saturated heterocycles. The van der Waals surface area contributed by atoms with Crippen molar-refractivity contribution in [1.82, 2.24) is 5.32 Å². The van der Waals surface area contributed by atoms with Gasteiger partial charge in [0.25, 0.3) is 5.24 Å². The summed E-state index contributed by atoms with van der Waals surface area (Å²) in [5.41, 5.74) is -0.200. The molecule has 1 N–H and O–H groups in total. The third-order valence-electron chi connectivity index (χ3n) is 2.43. The molecule has 2 rings (SSSR count). The number of hydrogen-bond donors (Lipinski definition) is 1. The standard InChI is InChI=1S/C15H17NOS/c1-15(2,3)16-14(17)18-13-10-6-8-11-7-4-5-9-12(11)13/h4-10H,1-3H3,(H,16,17). The van der Waals surface area contributed by atoms with Crippen molar-refractivity contribution >= 4 is 27.8 Å². The van der Waals surface area contributed by atoms with Gasteiger partial charge in [0.2, 0.25) is 0 Å². The van der Waals surface area contributed by atoms with E-state index in [4.69, 9.17) is 0 Å². The smallest absolute Gasteiger partial charge is 0.284 e. The van der Waals surface area contributed by atoms with Gasteiger partial charge in [-0.05, 0) is 49.4 Å². The number of thioether (sulfide) groups is 1. The van der Waals surface area contributed by atoms with E-state index in [1.165, 1.54) is 11.8 Å². The van der Waals surface area contributed by atoms with Crippen LogP contribution in [0.25, 0.3) is 10.8 Å². The normalized spacial score (nSPS) is 11.5. The van der Waals surface area contributed by atoms with E-state index in [1.807, 2.05) is 51.1 Å². The summed E-state index contributed by atoms with van der Waals surface area (Å²) in [4.78, 5) is 12.9. The molecule has 0 aliphatic rings. The molecule has 0 aromatic heterocycles. The SMILES string of the molecule is CC(C)(C)NC(=O)Sc1cccc2ccccc12. The van der Waals surface area contributed by atoms with E-state index in [2.05, 4.69) is 17.4 Å². The predicted octanol–water partition coefficient (Wildman–Crippen LogP) is 4.44. The van der Waals surface area contributed by atoms with Crippen LogP contribution in [0.2, 0.25) is 0 Å². The minimum Gasteiger partial charge on any atom is -0.342 e. The lowest BCUT2D eigenvalue weighted by Gasteiger charge is -2.20. The van der Waals surface area contributed by atoms with E-state index in [1.54, 1.807) is 0 Å². The van der Waals surface area contributed by atoms with Gasteiger partial charge in [0.05, 0.1) is 0 Å². The maximum atomic E-state index is 11.9. The van der Waals surface area contributed by atoms with Crippen molar-refractivity contribution in [2.45, 2.75) is 31.2 Å². The summed E-state index contributed by atoms with van der Waals surface area (Å²) in [5, 5.41) is 5.22. The summed E-state index contributed by atoms with van der Waals surface area (Å²) < 4.78 is 0. The van der Waals surface area contributed by atoms with Gasteiger partial charge < -0.3 is 5.32 Å². The molecule has 0 radical (unpaired) electrons. The van der Waals surface area contributed by atoms with Crippen LogP contribution >= 0.6 is 11.8 Å². The highest BCUT2D eigenvalue weighted by molar-refractivity contribution is 8.13. The minimum atomic E-state index is -0.200. The Kier molecular flexibility index (Phi) is 3.62. The molecule has 18 heavy (non-hydrogen) atoms. The molecule has 0 saturated carbocycles. The number of hydrogen-bond acceptors (Lipinski definition) is 2. The summed E-state index contributed by atoms with van der Waals surface area (Å²) in [6.07, 6.45) is 0. The van der Waals surface area contributed by atoms with Crippen LogP contribution in [-0.2, 0) is 0 Å². The molecule has 0 aliphatic carbocycles. The lowest BCUT2D eigenvalue weighted by molar-refractivity contribution is 0.253. The molecule has 0 fully saturated rings. The van der Waals surface area contributed by atoms with Gasteiger partial charge in [0.15, 0.2) is 0 Å². The Labute approximate surface area is 112 Å². The van der Waals surface area contributed by atoms with Gasteiger partial charge in [0.1, 0.15) is 0 Å². The largest absolute Gasteiger partial charge is 0.342 e. The zero-order valence-electron chi connectivity index (χ0n) is 10.9. The molecule has 0 unspecified atom stereocenters. The van der Waals surface area contributed by atoms with Crippen molar-refractivity contribution in [3.05, 3.63) is 42.5 Å². The first-order valence-corrected chi connectivity index (χ1v) is 6.75. The van der Waals surface area contributed by atoms with Crippen LogP contribution in [0, 0.1) is 0 Å². The highest BCUT2D eigenvalue weighted by Crippen LogP contribution is 2.28. The van der Waals surface area contributed by atoms with Crippen LogP contribution in [0.4, 0.5) is 4.79 Å². The van der Waals surface area contributed by atoms with E-state index in [0.717, 1.165) is 15.7 Å². The quantitative estimate of drug-likeness (QED) is 0.767. The molecule has 0 atom stereocenters. The summed E-state index contributed by atoms with van der Waals surface area (Å²) in [6, 6.07) is 14.1. The fraction of sp³-hybridized carbons (Fsp3) is 0.267. The van der Waals surface area contributed by atoms with E-state index >= 15 is 0 Å². The van der Waals surface area contributed by atoms with Crippen LogP contribution in [0.15, 0.2) is 47.4 Å². The van der Waals surface area contributed by atoms with E-state index in [9.17, 15) is 4.79 Å². The first-order chi connectivity index (χ1) is 8.46. The van der Waals surface area contributed by atoms with E-state index in [0.29, 0.717) is 0 Å². The van der Waals surface area contributed by atoms with Crippen molar-refractivity contribution in [2.24, 2.45) is 0 Å². The molecule has 0 spiro atoms. The van der Waals surface area contributed by atoms with Crippen LogP contribution in [-0.4, -0.2) is 10.8 Å². The fourth-order valence-corrected chi connectivity index (χ4v) is 2.72. The Morgan fingerprint density at radius 3 is 2.44 bits per heavy atom. The number of benzene rings is 2. The average Bonchev–Trinajstić information content (AvgIpc) is 2.27. The highest BCUT2D eigenvalue weighted by atomic mass is 32.2. The maximum Gasteiger partial charge on any atom is 0.284 e. The second-order valence-corrected chi connectivity index (χ2v) is 6.26.